The number of ether oxygens (including phenoxy) is 2. The van der Waals surface area contributed by atoms with Crippen LogP contribution < -0.4 is 4.89 Å². The lowest BCUT2D eigenvalue weighted by molar-refractivity contribution is -0.870. The monoisotopic (exact) mass is 970 g/mol. The Bertz CT molecular complexity index is 1470. The van der Waals surface area contributed by atoms with Crippen LogP contribution in [0.3, 0.4) is 0 Å². The topological polar surface area (TPSA) is 111 Å². The second-order valence-electron chi connectivity index (χ2n) is 18.9. The predicted molar refractivity (Wildman–Crippen MR) is 286 cm³/mol. The van der Waals surface area contributed by atoms with E-state index in [1.807, 2.05) is 21.1 Å². The highest BCUT2D eigenvalue weighted by molar-refractivity contribution is 7.45. The Labute approximate surface area is 417 Å². The molecule has 0 radical (unpaired) electrons. The van der Waals surface area contributed by atoms with Gasteiger partial charge in [-0.25, -0.2) is 0 Å². The van der Waals surface area contributed by atoms with Gasteiger partial charge in [0.15, 0.2) is 6.10 Å². The number of likely N-dealkylation sites (N-methyl/N-ethyl adjacent to an activating group) is 1. The van der Waals surface area contributed by atoms with Crippen molar-refractivity contribution < 1.29 is 42.1 Å². The van der Waals surface area contributed by atoms with Crippen LogP contribution in [0.2, 0.25) is 0 Å². The van der Waals surface area contributed by atoms with Crippen LogP contribution in [-0.4, -0.2) is 70.0 Å². The van der Waals surface area contributed by atoms with E-state index < -0.39 is 32.5 Å². The summed E-state index contributed by atoms with van der Waals surface area (Å²) in [7, 11) is 1.14. The molecule has 0 N–H and O–H groups in total. The van der Waals surface area contributed by atoms with Gasteiger partial charge in [-0.2, -0.15) is 0 Å². The van der Waals surface area contributed by atoms with E-state index in [-0.39, 0.29) is 26.1 Å². The van der Waals surface area contributed by atoms with E-state index in [0.717, 1.165) is 103 Å². The molecular weight excluding hydrogens is 870 g/mol. The Hall–Kier alpha value is -3.07. The molecule has 2 atom stereocenters. The molecule has 0 aromatic carbocycles. The van der Waals surface area contributed by atoms with E-state index in [1.54, 1.807) is 0 Å². The first-order valence-corrected chi connectivity index (χ1v) is 28.4. The maximum absolute atomic E-state index is 12.8. The Morgan fingerprint density at radius 2 is 0.838 bits per heavy atom. The first-order valence-electron chi connectivity index (χ1n) is 26.9. The molecule has 0 aliphatic heterocycles. The molecule has 0 amide bonds. The first kappa shape index (κ1) is 64.9. The van der Waals surface area contributed by atoms with Gasteiger partial charge in [0.2, 0.25) is 0 Å². The second-order valence-corrected chi connectivity index (χ2v) is 20.3. The van der Waals surface area contributed by atoms with Gasteiger partial charge in [-0.05, 0) is 89.9 Å². The van der Waals surface area contributed by atoms with Crippen molar-refractivity contribution in [1.29, 1.82) is 0 Å². The number of rotatable bonds is 48. The summed E-state index contributed by atoms with van der Waals surface area (Å²) < 4.78 is 34.0. The van der Waals surface area contributed by atoms with Gasteiger partial charge in [0.1, 0.15) is 19.8 Å². The number of hydrogen-bond acceptors (Lipinski definition) is 8. The molecule has 0 rings (SSSR count). The van der Waals surface area contributed by atoms with Crippen molar-refractivity contribution in [3.63, 3.8) is 0 Å². The molecule has 9 nitrogen and oxygen atoms in total. The van der Waals surface area contributed by atoms with Crippen molar-refractivity contribution >= 4 is 19.8 Å². The van der Waals surface area contributed by atoms with Crippen LogP contribution in [0.25, 0.3) is 0 Å². The molecule has 0 saturated heterocycles. The second kappa shape index (κ2) is 48.9. The van der Waals surface area contributed by atoms with Crippen molar-refractivity contribution in [2.45, 2.75) is 213 Å². The summed E-state index contributed by atoms with van der Waals surface area (Å²) in [6, 6.07) is 0. The quantitative estimate of drug-likeness (QED) is 0.0195. The van der Waals surface area contributed by atoms with Gasteiger partial charge >= 0.3 is 11.9 Å². The highest BCUT2D eigenvalue weighted by Crippen LogP contribution is 2.38. The summed E-state index contributed by atoms with van der Waals surface area (Å²) in [6.07, 6.45) is 65.9. The van der Waals surface area contributed by atoms with Crippen LogP contribution in [0.1, 0.15) is 206 Å². The number of carbonyl (C=O) groups excluding carboxylic acids is 2. The standard InChI is InChI=1S/C58H100NO8P/c1-6-8-10-12-14-16-18-20-21-22-23-24-25-26-27-28-29-30-31-32-33-34-35-36-37-39-41-43-45-47-49-51-58(61)67-56(55-66-68(62,63)65-53-52-59(3,4)5)54-64-57(60)50-48-46-44-42-40-38-19-17-15-13-11-9-7-2/h8,10-11,13-14,16-17,19-21,23-24,26-27,29-30,56H,6-7,9,12,15,18,22,25,28,31-55H2,1-5H3/b10-8-,13-11-,16-14-,19-17-,21-20-,24-23-,27-26-,30-29-. The molecule has 390 valence electrons. The molecule has 0 spiro atoms. The third kappa shape index (κ3) is 52.3. The van der Waals surface area contributed by atoms with Gasteiger partial charge in [-0.3, -0.25) is 14.2 Å². The third-order valence-electron chi connectivity index (χ3n) is 11.1. The Balaban J connectivity index is 4.15. The maximum atomic E-state index is 12.8. The molecule has 0 heterocycles. The maximum Gasteiger partial charge on any atom is 0.306 e. The molecule has 0 saturated carbocycles. The molecule has 10 heteroatoms. The summed E-state index contributed by atoms with van der Waals surface area (Å²) in [5.74, 6) is -0.858. The molecule has 0 aliphatic carbocycles. The van der Waals surface area contributed by atoms with Crippen molar-refractivity contribution in [3.8, 4) is 0 Å². The van der Waals surface area contributed by atoms with Gasteiger partial charge in [0, 0.05) is 12.8 Å². The lowest BCUT2D eigenvalue weighted by Gasteiger charge is -2.28. The van der Waals surface area contributed by atoms with Crippen molar-refractivity contribution in [2.75, 3.05) is 47.5 Å². The summed E-state index contributed by atoms with van der Waals surface area (Å²) in [5, 5.41) is 0. The molecule has 0 fully saturated rings. The predicted octanol–water partition coefficient (Wildman–Crippen LogP) is 15.8. The number of hydrogen-bond donors (Lipinski definition) is 0. The van der Waals surface area contributed by atoms with Gasteiger partial charge in [0.05, 0.1) is 27.7 Å². The molecule has 0 aromatic heterocycles. The van der Waals surface area contributed by atoms with E-state index >= 15 is 0 Å². The fourth-order valence-electron chi connectivity index (χ4n) is 6.93. The highest BCUT2D eigenvalue weighted by Gasteiger charge is 2.21. The summed E-state index contributed by atoms with van der Waals surface area (Å²) in [5.41, 5.74) is 0. The lowest BCUT2D eigenvalue weighted by Crippen LogP contribution is -2.37. The molecule has 0 bridgehead atoms. The van der Waals surface area contributed by atoms with Crippen LogP contribution in [0.5, 0.6) is 0 Å². The Kier molecular flexibility index (Phi) is 46.7. The number of quaternary nitrogens is 1. The zero-order valence-corrected chi connectivity index (χ0v) is 44.9. The number of phosphoric acid groups is 1. The van der Waals surface area contributed by atoms with Crippen molar-refractivity contribution in [2.24, 2.45) is 0 Å². The number of allylic oxidation sites excluding steroid dienone is 16. The molecular formula is C58H100NO8P. The van der Waals surface area contributed by atoms with Crippen LogP contribution in [0.4, 0.5) is 0 Å². The molecule has 2 unspecified atom stereocenters. The minimum absolute atomic E-state index is 0.0377. The van der Waals surface area contributed by atoms with E-state index in [1.165, 1.54) is 64.2 Å². The van der Waals surface area contributed by atoms with E-state index in [4.69, 9.17) is 18.5 Å². The van der Waals surface area contributed by atoms with E-state index in [0.29, 0.717) is 23.9 Å². The Morgan fingerprint density at radius 1 is 0.471 bits per heavy atom. The van der Waals surface area contributed by atoms with Gasteiger partial charge in [-0.15, -0.1) is 0 Å². The molecule has 0 aliphatic rings. The van der Waals surface area contributed by atoms with Gasteiger partial charge in [0.25, 0.3) is 7.82 Å². The average molecular weight is 970 g/mol. The number of nitrogens with zero attached hydrogens (tertiary/aromatic N) is 1. The normalized spacial score (nSPS) is 14.1. The smallest absolute Gasteiger partial charge is 0.306 e. The molecule has 68 heavy (non-hydrogen) atoms. The third-order valence-corrected chi connectivity index (χ3v) is 12.0. The summed E-state index contributed by atoms with van der Waals surface area (Å²) in [4.78, 5) is 37.7. The largest absolute Gasteiger partial charge is 0.756 e. The number of unbranched alkanes of at least 4 members (excludes halogenated alkanes) is 18. The van der Waals surface area contributed by atoms with E-state index in [9.17, 15) is 19.0 Å². The van der Waals surface area contributed by atoms with Crippen LogP contribution in [0, 0.1) is 0 Å². The van der Waals surface area contributed by atoms with E-state index in [2.05, 4.69) is 111 Å². The van der Waals surface area contributed by atoms with Gasteiger partial charge in [-0.1, -0.05) is 201 Å². The lowest BCUT2D eigenvalue weighted by atomic mass is 10.0. The summed E-state index contributed by atoms with van der Waals surface area (Å²) >= 11 is 0. The minimum atomic E-state index is -4.64. The SMILES string of the molecule is CC/C=C\C/C=C\C/C=C\C/C=C\C/C=C\C/C=C\CCCCCCCCCCCCCCC(=O)OC(COC(=O)CCCCCCC/C=C\C/C=C\CCC)COP(=O)([O-])OCC[N+](C)(C)C. The first-order chi connectivity index (χ1) is 33.0. The van der Waals surface area contributed by atoms with Crippen LogP contribution >= 0.6 is 7.82 Å². The fourth-order valence-corrected chi connectivity index (χ4v) is 7.66. The number of esters is 2. The van der Waals surface area contributed by atoms with Gasteiger partial charge < -0.3 is 27.9 Å². The highest BCUT2D eigenvalue weighted by atomic mass is 31.2. The zero-order valence-electron chi connectivity index (χ0n) is 44.0. The number of carbonyl (C=O) groups is 2. The Morgan fingerprint density at radius 3 is 1.25 bits per heavy atom. The fraction of sp³-hybridized carbons (Fsp3) is 0.690. The van der Waals surface area contributed by atoms with Crippen molar-refractivity contribution in [1.82, 2.24) is 0 Å². The van der Waals surface area contributed by atoms with Crippen LogP contribution in [0.15, 0.2) is 97.2 Å². The average Bonchev–Trinajstić information content (AvgIpc) is 3.30. The molecule has 0 aromatic rings. The number of phosphoric ester groups is 1. The van der Waals surface area contributed by atoms with Crippen molar-refractivity contribution in [3.05, 3.63) is 97.2 Å². The zero-order chi connectivity index (χ0) is 49.9. The van der Waals surface area contributed by atoms with Crippen LogP contribution in [-0.2, 0) is 32.7 Å². The summed E-state index contributed by atoms with van der Waals surface area (Å²) in [6.45, 7) is 4.02. The minimum Gasteiger partial charge on any atom is -0.756 e.